The van der Waals surface area contributed by atoms with Crippen molar-refractivity contribution in [3.63, 3.8) is 0 Å². The summed E-state index contributed by atoms with van der Waals surface area (Å²) in [5.41, 5.74) is 0. The molecule has 0 aromatic rings. The van der Waals surface area contributed by atoms with Gasteiger partial charge in [0.15, 0.2) is 0 Å². The summed E-state index contributed by atoms with van der Waals surface area (Å²) >= 11 is -1.93. The van der Waals surface area contributed by atoms with Gasteiger partial charge in [0.25, 0.3) is 0 Å². The van der Waals surface area contributed by atoms with Gasteiger partial charge in [-0.3, -0.25) is 0 Å². The summed E-state index contributed by atoms with van der Waals surface area (Å²) in [4.78, 5) is 6.76. The van der Waals surface area contributed by atoms with Gasteiger partial charge in [-0.2, -0.15) is 0 Å². The molecule has 0 spiro atoms. The van der Waals surface area contributed by atoms with Gasteiger partial charge in [-0.1, -0.05) is 0 Å². The molecule has 0 heterocycles. The zero-order valence-corrected chi connectivity index (χ0v) is 10.7. The van der Waals surface area contributed by atoms with Gasteiger partial charge in [0.2, 0.25) is 0 Å². The van der Waals surface area contributed by atoms with Gasteiger partial charge in [0.1, 0.15) is 0 Å². The molecule has 0 aliphatic heterocycles. The molecular formula is C8H16O2Sn. The Hall–Kier alpha value is 0.279. The second-order valence-corrected chi connectivity index (χ2v) is 16.9. The Balaban J connectivity index is 4.04. The number of rotatable bonds is 2. The van der Waals surface area contributed by atoms with Crippen molar-refractivity contribution in [2.75, 3.05) is 14.2 Å². The van der Waals surface area contributed by atoms with Crippen molar-refractivity contribution < 1.29 is 9.47 Å². The van der Waals surface area contributed by atoms with Gasteiger partial charge in [-0.05, 0) is 0 Å². The van der Waals surface area contributed by atoms with Crippen molar-refractivity contribution >= 4 is 18.4 Å². The Kier molecular flexibility index (Phi) is 5.15. The molecule has 0 aromatic heterocycles. The number of hydrogen-bond donors (Lipinski definition) is 0. The SMILES string of the molecule is COC(C#[C][Sn]([CH3])([CH3])[CH3])OC. The van der Waals surface area contributed by atoms with E-state index < -0.39 is 18.4 Å². The number of hydrogen-bond acceptors (Lipinski definition) is 2. The topological polar surface area (TPSA) is 18.5 Å². The van der Waals surface area contributed by atoms with E-state index in [2.05, 4.69) is 24.7 Å². The summed E-state index contributed by atoms with van der Waals surface area (Å²) in [7, 11) is 3.20. The standard InChI is InChI=1S/C5H7O2.3CH3.Sn/c1-4-5(6-2)7-3;;;;/h5H,2-3H3;3*1H3;. The summed E-state index contributed by atoms with van der Waals surface area (Å²) in [6.07, 6.45) is -0.342. The third-order valence-electron chi connectivity index (χ3n) is 0.993. The molecule has 0 aromatic carbocycles. The first kappa shape index (κ1) is 11.3. The van der Waals surface area contributed by atoms with Crippen molar-refractivity contribution in [2.24, 2.45) is 0 Å². The molecule has 0 bridgehead atoms. The van der Waals surface area contributed by atoms with E-state index in [1.807, 2.05) is 0 Å². The van der Waals surface area contributed by atoms with Crippen LogP contribution in [0.25, 0.3) is 0 Å². The summed E-state index contributed by atoms with van der Waals surface area (Å²) < 4.78 is 13.1. The normalized spacial score (nSPS) is 11.1. The molecule has 0 amide bonds. The molecule has 0 N–H and O–H groups in total. The number of ether oxygens (including phenoxy) is 2. The van der Waals surface area contributed by atoms with Crippen LogP contribution in [0.2, 0.25) is 14.8 Å². The minimum absolute atomic E-state index is 0.342. The van der Waals surface area contributed by atoms with Crippen molar-refractivity contribution in [3.8, 4) is 9.86 Å². The van der Waals surface area contributed by atoms with Gasteiger partial charge < -0.3 is 0 Å². The molecule has 2 nitrogen and oxygen atoms in total. The van der Waals surface area contributed by atoms with Crippen LogP contribution in [0.15, 0.2) is 0 Å². The van der Waals surface area contributed by atoms with E-state index in [0.717, 1.165) is 0 Å². The summed E-state index contributed by atoms with van der Waals surface area (Å²) in [5.74, 6) is 2.96. The maximum absolute atomic E-state index is 4.93. The molecule has 3 heteroatoms. The molecule has 64 valence electrons. The Morgan fingerprint density at radius 1 is 1.09 bits per heavy atom. The van der Waals surface area contributed by atoms with Gasteiger partial charge in [-0.15, -0.1) is 0 Å². The molecule has 0 radical (unpaired) electrons. The third-order valence-corrected chi connectivity index (χ3v) is 3.55. The Morgan fingerprint density at radius 2 is 1.55 bits per heavy atom. The van der Waals surface area contributed by atoms with Crippen molar-refractivity contribution in [3.05, 3.63) is 0 Å². The van der Waals surface area contributed by atoms with Crippen LogP contribution in [0.1, 0.15) is 0 Å². The van der Waals surface area contributed by atoms with E-state index in [9.17, 15) is 0 Å². The van der Waals surface area contributed by atoms with Crippen molar-refractivity contribution in [2.45, 2.75) is 21.1 Å². The van der Waals surface area contributed by atoms with Gasteiger partial charge in [0, 0.05) is 0 Å². The van der Waals surface area contributed by atoms with Crippen molar-refractivity contribution in [1.29, 1.82) is 0 Å². The zero-order chi connectivity index (χ0) is 8.91. The fraction of sp³-hybridized carbons (Fsp3) is 0.750. The van der Waals surface area contributed by atoms with E-state index in [4.69, 9.17) is 9.47 Å². The molecule has 0 saturated heterocycles. The monoisotopic (exact) mass is 264 g/mol. The molecule has 0 unspecified atom stereocenters. The van der Waals surface area contributed by atoms with Crippen LogP contribution in [0, 0.1) is 9.86 Å². The second kappa shape index (κ2) is 5.02. The van der Waals surface area contributed by atoms with Crippen LogP contribution >= 0.6 is 0 Å². The zero-order valence-electron chi connectivity index (χ0n) is 7.89. The summed E-state index contributed by atoms with van der Waals surface area (Å²) in [6.45, 7) is 0. The van der Waals surface area contributed by atoms with Gasteiger partial charge >= 0.3 is 73.0 Å². The van der Waals surface area contributed by atoms with E-state index in [1.165, 1.54) is 0 Å². The van der Waals surface area contributed by atoms with Gasteiger partial charge in [-0.25, -0.2) is 0 Å². The van der Waals surface area contributed by atoms with Gasteiger partial charge in [0.05, 0.1) is 0 Å². The van der Waals surface area contributed by atoms with E-state index in [0.29, 0.717) is 0 Å². The van der Waals surface area contributed by atoms with Crippen LogP contribution in [0.4, 0.5) is 0 Å². The Bertz CT molecular complexity index is 157. The summed E-state index contributed by atoms with van der Waals surface area (Å²) in [6, 6.07) is 0. The molecule has 0 rings (SSSR count). The molecule has 0 aliphatic rings. The van der Waals surface area contributed by atoms with Crippen LogP contribution in [0.5, 0.6) is 0 Å². The van der Waals surface area contributed by atoms with Crippen LogP contribution in [-0.4, -0.2) is 38.9 Å². The van der Waals surface area contributed by atoms with Crippen molar-refractivity contribution in [1.82, 2.24) is 0 Å². The molecule has 11 heavy (non-hydrogen) atoms. The molecule has 0 saturated carbocycles. The Morgan fingerprint density at radius 3 is 1.82 bits per heavy atom. The maximum atomic E-state index is 4.93. The first-order chi connectivity index (χ1) is 4.99. The Labute approximate surface area is 73.1 Å². The molecular weight excluding hydrogens is 247 g/mol. The van der Waals surface area contributed by atoms with Crippen LogP contribution in [0.3, 0.4) is 0 Å². The fourth-order valence-corrected chi connectivity index (χ4v) is 2.06. The number of methoxy groups -OCH3 is 2. The molecule has 0 fully saturated rings. The summed E-state index contributed by atoms with van der Waals surface area (Å²) in [5, 5.41) is 0. The second-order valence-electron chi connectivity index (χ2n) is 3.32. The van der Waals surface area contributed by atoms with Crippen LogP contribution in [-0.2, 0) is 9.47 Å². The predicted octanol–water partition coefficient (Wildman–Crippen LogP) is 1.49. The average molecular weight is 263 g/mol. The fourth-order valence-electron chi connectivity index (χ4n) is 0.490. The first-order valence-corrected chi connectivity index (χ1v) is 13.6. The average Bonchev–Trinajstić information content (AvgIpc) is 1.88. The third kappa shape index (κ3) is 6.67. The van der Waals surface area contributed by atoms with E-state index in [-0.39, 0.29) is 6.29 Å². The predicted molar refractivity (Wildman–Crippen MR) is 48.9 cm³/mol. The quantitative estimate of drug-likeness (QED) is 0.427. The van der Waals surface area contributed by atoms with Crippen LogP contribution < -0.4 is 0 Å². The molecule has 0 atom stereocenters. The van der Waals surface area contributed by atoms with E-state index >= 15 is 0 Å². The molecule has 0 aliphatic carbocycles. The van der Waals surface area contributed by atoms with E-state index in [1.54, 1.807) is 14.2 Å². The minimum atomic E-state index is -1.93. The first-order valence-electron chi connectivity index (χ1n) is 3.58.